The van der Waals surface area contributed by atoms with Crippen LogP contribution in [0.5, 0.6) is 0 Å². The van der Waals surface area contributed by atoms with Gasteiger partial charge in [0, 0.05) is 16.7 Å². The predicted octanol–water partition coefficient (Wildman–Crippen LogP) is 7.29. The van der Waals surface area contributed by atoms with E-state index in [0.29, 0.717) is 0 Å². The summed E-state index contributed by atoms with van der Waals surface area (Å²) in [5.41, 5.74) is 7.92. The maximum atomic E-state index is 12.8. The Morgan fingerprint density at radius 3 is 1.19 bits per heavy atom. The first kappa shape index (κ1) is 18.8. The van der Waals surface area contributed by atoms with Gasteiger partial charge in [0.05, 0.1) is 0 Å². The minimum Gasteiger partial charge on any atom is -0.376 e. The summed E-state index contributed by atoms with van der Waals surface area (Å²) in [5.74, 6) is 0. The van der Waals surface area contributed by atoms with Gasteiger partial charge in [-0.3, -0.25) is 0 Å². The molecule has 1 heteroatoms. The number of fused-ring (bicyclic) bond motifs is 5. The third-order valence-corrected chi connectivity index (χ3v) is 6.54. The quantitative estimate of drug-likeness (QED) is 0.324. The largest absolute Gasteiger partial charge is 0.376 e. The van der Waals surface area contributed by atoms with Crippen LogP contribution in [-0.4, -0.2) is 5.11 Å². The summed E-state index contributed by atoms with van der Waals surface area (Å²) in [7, 11) is 0. The van der Waals surface area contributed by atoms with Gasteiger partial charge in [0.2, 0.25) is 0 Å². The molecule has 0 aliphatic heterocycles. The Balaban J connectivity index is 1.77. The first-order valence-corrected chi connectivity index (χ1v) is 10.9. The molecule has 0 saturated heterocycles. The minimum atomic E-state index is -1.31. The van der Waals surface area contributed by atoms with Crippen LogP contribution in [0, 0.1) is 0 Å². The third kappa shape index (κ3) is 2.69. The van der Waals surface area contributed by atoms with E-state index in [1.807, 2.05) is 42.5 Å². The summed E-state index contributed by atoms with van der Waals surface area (Å²) in [6.45, 7) is 0. The van der Waals surface area contributed by atoms with Gasteiger partial charge < -0.3 is 5.11 Å². The predicted molar refractivity (Wildman–Crippen MR) is 131 cm³/mol. The number of hydrogen-bond donors (Lipinski definition) is 1. The van der Waals surface area contributed by atoms with Crippen molar-refractivity contribution >= 4 is 0 Å². The highest BCUT2D eigenvalue weighted by Gasteiger charge is 2.41. The lowest BCUT2D eigenvalue weighted by atomic mass is 9.75. The molecule has 0 bridgehead atoms. The molecule has 0 amide bonds. The van der Waals surface area contributed by atoms with Crippen LogP contribution in [-0.2, 0) is 5.60 Å². The maximum absolute atomic E-state index is 12.8. The van der Waals surface area contributed by atoms with Gasteiger partial charge in [0.1, 0.15) is 5.60 Å². The Hall–Kier alpha value is -3.94. The van der Waals surface area contributed by atoms with Gasteiger partial charge in [-0.2, -0.15) is 0 Å². The Morgan fingerprint density at radius 2 is 0.688 bits per heavy atom. The Morgan fingerprint density at radius 1 is 0.344 bits per heavy atom. The van der Waals surface area contributed by atoms with Gasteiger partial charge >= 0.3 is 0 Å². The van der Waals surface area contributed by atoms with Crippen molar-refractivity contribution in [3.05, 3.63) is 144 Å². The zero-order chi connectivity index (χ0) is 21.5. The van der Waals surface area contributed by atoms with Gasteiger partial charge in [-0.05, 0) is 33.4 Å². The van der Waals surface area contributed by atoms with E-state index in [9.17, 15) is 5.11 Å². The lowest BCUT2D eigenvalue weighted by Crippen LogP contribution is -2.30. The topological polar surface area (TPSA) is 20.2 Å². The molecule has 1 nitrogen and oxygen atoms in total. The fourth-order valence-electron chi connectivity index (χ4n) is 5.12. The van der Waals surface area contributed by atoms with Crippen molar-refractivity contribution < 1.29 is 5.11 Å². The molecule has 0 unspecified atom stereocenters. The molecule has 1 aliphatic rings. The number of benzene rings is 5. The molecule has 152 valence electrons. The lowest BCUT2D eigenvalue weighted by Gasteiger charge is -2.33. The lowest BCUT2D eigenvalue weighted by molar-refractivity contribution is 0.128. The fourth-order valence-corrected chi connectivity index (χ4v) is 5.12. The van der Waals surface area contributed by atoms with Crippen LogP contribution in [0.1, 0.15) is 16.7 Å². The molecule has 6 rings (SSSR count). The van der Waals surface area contributed by atoms with Crippen LogP contribution in [0.15, 0.2) is 127 Å². The third-order valence-electron chi connectivity index (χ3n) is 6.54. The fraction of sp³-hybridized carbons (Fsp3) is 0.0323. The molecular formula is C31H22O. The highest BCUT2D eigenvalue weighted by Crippen LogP contribution is 2.51. The molecule has 0 aromatic heterocycles. The van der Waals surface area contributed by atoms with E-state index in [1.54, 1.807) is 0 Å². The smallest absolute Gasteiger partial charge is 0.142 e. The summed E-state index contributed by atoms with van der Waals surface area (Å²) in [6, 6.07) is 43.5. The van der Waals surface area contributed by atoms with E-state index in [0.717, 1.165) is 50.1 Å². The van der Waals surface area contributed by atoms with E-state index >= 15 is 0 Å². The van der Waals surface area contributed by atoms with Gasteiger partial charge in [-0.15, -0.1) is 0 Å². The zero-order valence-corrected chi connectivity index (χ0v) is 17.6. The molecule has 5 aromatic rings. The number of rotatable bonds is 2. The number of hydrogen-bond acceptors (Lipinski definition) is 1. The molecule has 0 radical (unpaired) electrons. The maximum Gasteiger partial charge on any atom is 0.142 e. The van der Waals surface area contributed by atoms with Gasteiger partial charge in [0.25, 0.3) is 0 Å². The Kier molecular flexibility index (Phi) is 4.31. The molecule has 0 fully saturated rings. The minimum absolute atomic E-state index is 0.888. The second-order valence-corrected chi connectivity index (χ2v) is 8.26. The molecule has 5 aromatic carbocycles. The van der Waals surface area contributed by atoms with Crippen LogP contribution in [0.4, 0.5) is 0 Å². The normalized spacial score (nSPS) is 13.4. The first-order chi connectivity index (χ1) is 15.8. The van der Waals surface area contributed by atoms with Crippen molar-refractivity contribution in [3.63, 3.8) is 0 Å². The molecule has 0 spiro atoms. The van der Waals surface area contributed by atoms with E-state index in [2.05, 4.69) is 84.9 Å². The van der Waals surface area contributed by atoms with Crippen LogP contribution < -0.4 is 0 Å². The average molecular weight is 411 g/mol. The summed E-state index contributed by atoms with van der Waals surface area (Å²) in [5, 5.41) is 12.8. The van der Waals surface area contributed by atoms with Gasteiger partial charge in [0.15, 0.2) is 0 Å². The SMILES string of the molecule is OC1(c2ccccc2-c2ccccc2)c2ccccc2-c2ccccc2-c2ccccc21. The summed E-state index contributed by atoms with van der Waals surface area (Å²) in [6.07, 6.45) is 0. The standard InChI is InChI=1S/C31H22O/c32-31(28-19-9-6-14-23(28)22-12-2-1-3-13-22)29-20-10-7-17-26(29)24-15-4-5-16-25(24)27-18-8-11-21-30(27)31/h1-21,32H. The van der Waals surface area contributed by atoms with Crippen molar-refractivity contribution in [2.75, 3.05) is 0 Å². The summed E-state index contributed by atoms with van der Waals surface area (Å²) >= 11 is 0. The monoisotopic (exact) mass is 410 g/mol. The molecule has 0 heterocycles. The van der Waals surface area contributed by atoms with E-state index < -0.39 is 5.60 Å². The van der Waals surface area contributed by atoms with Gasteiger partial charge in [-0.25, -0.2) is 0 Å². The van der Waals surface area contributed by atoms with Crippen LogP contribution in [0.2, 0.25) is 0 Å². The second-order valence-electron chi connectivity index (χ2n) is 8.26. The second kappa shape index (κ2) is 7.33. The highest BCUT2D eigenvalue weighted by molar-refractivity contribution is 5.91. The first-order valence-electron chi connectivity index (χ1n) is 10.9. The summed E-state index contributed by atoms with van der Waals surface area (Å²) in [4.78, 5) is 0. The molecule has 1 aliphatic carbocycles. The zero-order valence-electron chi connectivity index (χ0n) is 17.6. The Labute approximate surface area is 188 Å². The van der Waals surface area contributed by atoms with Gasteiger partial charge in [-0.1, -0.05) is 127 Å². The van der Waals surface area contributed by atoms with Crippen LogP contribution >= 0.6 is 0 Å². The van der Waals surface area contributed by atoms with Crippen molar-refractivity contribution in [2.45, 2.75) is 5.60 Å². The average Bonchev–Trinajstić information content (AvgIpc) is 2.97. The van der Waals surface area contributed by atoms with Crippen molar-refractivity contribution in [1.29, 1.82) is 0 Å². The van der Waals surface area contributed by atoms with Crippen molar-refractivity contribution in [3.8, 4) is 33.4 Å². The summed E-state index contributed by atoms with van der Waals surface area (Å²) < 4.78 is 0. The highest BCUT2D eigenvalue weighted by atomic mass is 16.3. The van der Waals surface area contributed by atoms with E-state index in [4.69, 9.17) is 0 Å². The molecular weight excluding hydrogens is 388 g/mol. The van der Waals surface area contributed by atoms with Crippen molar-refractivity contribution in [1.82, 2.24) is 0 Å². The van der Waals surface area contributed by atoms with Crippen LogP contribution in [0.25, 0.3) is 33.4 Å². The van der Waals surface area contributed by atoms with E-state index in [-0.39, 0.29) is 0 Å². The van der Waals surface area contributed by atoms with Crippen LogP contribution in [0.3, 0.4) is 0 Å². The van der Waals surface area contributed by atoms with Crippen molar-refractivity contribution in [2.24, 2.45) is 0 Å². The molecule has 0 atom stereocenters. The molecule has 1 N–H and O–H groups in total. The Bertz CT molecular complexity index is 1370. The molecule has 32 heavy (non-hydrogen) atoms. The number of aliphatic hydroxyl groups is 1. The molecule has 0 saturated carbocycles. The van der Waals surface area contributed by atoms with E-state index in [1.165, 1.54) is 0 Å².